The Hall–Kier alpha value is -2.76. The molecule has 6 nitrogen and oxygen atoms in total. The van der Waals surface area contributed by atoms with Crippen LogP contribution in [0.1, 0.15) is 6.42 Å². The highest BCUT2D eigenvalue weighted by atomic mass is 16.2. The van der Waals surface area contributed by atoms with E-state index in [4.69, 9.17) is 0 Å². The predicted molar refractivity (Wildman–Crippen MR) is 77.6 cm³/mol. The Morgan fingerprint density at radius 3 is 2.57 bits per heavy atom. The summed E-state index contributed by atoms with van der Waals surface area (Å²) in [6.45, 7) is 0.377. The van der Waals surface area contributed by atoms with Crippen LogP contribution in [0.2, 0.25) is 0 Å². The number of aromatic nitrogens is 2. The minimum Gasteiger partial charge on any atom is -0.312 e. The number of hydrogen-bond acceptors (Lipinski definition) is 4. The Morgan fingerprint density at radius 1 is 1.14 bits per heavy atom. The lowest BCUT2D eigenvalue weighted by molar-refractivity contribution is -0.122. The van der Waals surface area contributed by atoms with Crippen molar-refractivity contribution in [2.75, 3.05) is 16.8 Å². The van der Waals surface area contributed by atoms with Gasteiger partial charge in [-0.25, -0.2) is 9.97 Å². The van der Waals surface area contributed by atoms with E-state index in [9.17, 15) is 9.59 Å². The smallest absolute Gasteiger partial charge is 0.232 e. The van der Waals surface area contributed by atoms with E-state index < -0.39 is 0 Å². The summed E-state index contributed by atoms with van der Waals surface area (Å²) in [7, 11) is 0. The van der Waals surface area contributed by atoms with Crippen LogP contribution in [0.25, 0.3) is 0 Å². The number of amides is 2. The molecule has 0 radical (unpaired) electrons. The maximum atomic E-state index is 12.2. The van der Waals surface area contributed by atoms with E-state index in [0.717, 1.165) is 5.69 Å². The summed E-state index contributed by atoms with van der Waals surface area (Å²) in [6, 6.07) is 11.0. The third-order valence-electron chi connectivity index (χ3n) is 3.36. The first kappa shape index (κ1) is 13.2. The first-order valence-corrected chi connectivity index (χ1v) is 6.67. The molecule has 106 valence electrons. The number of nitrogens with zero attached hydrogens (tertiary/aromatic N) is 3. The van der Waals surface area contributed by atoms with Crippen LogP contribution in [-0.2, 0) is 9.59 Å². The molecule has 1 N–H and O–H groups in total. The highest BCUT2D eigenvalue weighted by Crippen LogP contribution is 2.25. The van der Waals surface area contributed by atoms with E-state index in [-0.39, 0.29) is 30.1 Å². The van der Waals surface area contributed by atoms with Gasteiger partial charge < -0.3 is 4.90 Å². The normalized spacial score (nSPS) is 17.8. The molecule has 2 heterocycles. The van der Waals surface area contributed by atoms with Gasteiger partial charge in [0.05, 0.1) is 5.92 Å². The SMILES string of the molecule is O=C(Nc1ncccn1)[C@@H]1CC(=O)N(c2ccccc2)C1. The fraction of sp³-hybridized carbons (Fsp3) is 0.200. The van der Waals surface area contributed by atoms with Gasteiger partial charge in [0.15, 0.2) is 0 Å². The van der Waals surface area contributed by atoms with Crippen LogP contribution in [0.4, 0.5) is 11.6 Å². The van der Waals surface area contributed by atoms with E-state index in [2.05, 4.69) is 15.3 Å². The van der Waals surface area contributed by atoms with Crippen molar-refractivity contribution in [1.29, 1.82) is 0 Å². The molecule has 1 aliphatic rings. The number of para-hydroxylation sites is 1. The highest BCUT2D eigenvalue weighted by molar-refractivity contribution is 6.03. The van der Waals surface area contributed by atoms with Crippen molar-refractivity contribution in [3.05, 3.63) is 48.8 Å². The van der Waals surface area contributed by atoms with Crippen LogP contribution in [0.5, 0.6) is 0 Å². The van der Waals surface area contributed by atoms with Gasteiger partial charge >= 0.3 is 0 Å². The van der Waals surface area contributed by atoms with Gasteiger partial charge in [0.2, 0.25) is 17.8 Å². The number of benzene rings is 1. The summed E-state index contributed by atoms with van der Waals surface area (Å²) >= 11 is 0. The van der Waals surface area contributed by atoms with E-state index in [0.29, 0.717) is 6.54 Å². The van der Waals surface area contributed by atoms with Gasteiger partial charge in [-0.1, -0.05) is 18.2 Å². The third kappa shape index (κ3) is 2.89. The van der Waals surface area contributed by atoms with Crippen molar-refractivity contribution in [3.63, 3.8) is 0 Å². The maximum Gasteiger partial charge on any atom is 0.232 e. The Bertz CT molecular complexity index is 645. The minimum atomic E-state index is -0.387. The van der Waals surface area contributed by atoms with Crippen molar-refractivity contribution in [1.82, 2.24) is 9.97 Å². The second kappa shape index (κ2) is 5.70. The molecule has 1 saturated heterocycles. The molecular formula is C15H14N4O2. The molecule has 2 amide bonds. The molecule has 1 aromatic carbocycles. The fourth-order valence-corrected chi connectivity index (χ4v) is 2.32. The summed E-state index contributed by atoms with van der Waals surface area (Å²) in [5.74, 6) is -0.405. The van der Waals surface area contributed by atoms with Crippen molar-refractivity contribution < 1.29 is 9.59 Å². The number of nitrogens with one attached hydrogen (secondary N) is 1. The second-order valence-electron chi connectivity index (χ2n) is 4.80. The molecule has 0 bridgehead atoms. The van der Waals surface area contributed by atoms with Crippen LogP contribution in [0.3, 0.4) is 0 Å². The maximum absolute atomic E-state index is 12.2. The van der Waals surface area contributed by atoms with Crippen molar-refractivity contribution >= 4 is 23.5 Å². The fourth-order valence-electron chi connectivity index (χ4n) is 2.32. The molecule has 0 unspecified atom stereocenters. The lowest BCUT2D eigenvalue weighted by Crippen LogP contribution is -2.28. The lowest BCUT2D eigenvalue weighted by atomic mass is 10.1. The summed E-state index contributed by atoms with van der Waals surface area (Å²) in [5.41, 5.74) is 0.814. The van der Waals surface area contributed by atoms with Gasteiger partial charge in [-0.3, -0.25) is 14.9 Å². The summed E-state index contributed by atoms with van der Waals surface area (Å²) in [4.78, 5) is 33.7. The van der Waals surface area contributed by atoms with Crippen LogP contribution in [-0.4, -0.2) is 28.3 Å². The van der Waals surface area contributed by atoms with Crippen LogP contribution in [0.15, 0.2) is 48.8 Å². The standard InChI is InChI=1S/C15H14N4O2/c20-13-9-11(10-19(13)12-5-2-1-3-6-12)14(21)18-15-16-7-4-8-17-15/h1-8,11H,9-10H2,(H,16,17,18,21)/t11-/m1/s1. The van der Waals surface area contributed by atoms with E-state index >= 15 is 0 Å². The van der Waals surface area contributed by atoms with E-state index in [1.807, 2.05) is 30.3 Å². The molecule has 1 atom stereocenters. The Kier molecular flexibility index (Phi) is 3.59. The second-order valence-corrected chi connectivity index (χ2v) is 4.80. The van der Waals surface area contributed by atoms with Gasteiger partial charge in [-0.05, 0) is 18.2 Å². The third-order valence-corrected chi connectivity index (χ3v) is 3.36. The minimum absolute atomic E-state index is 0.0460. The van der Waals surface area contributed by atoms with Crippen LogP contribution < -0.4 is 10.2 Å². The van der Waals surface area contributed by atoms with E-state index in [1.165, 1.54) is 0 Å². The highest BCUT2D eigenvalue weighted by Gasteiger charge is 2.35. The molecule has 1 aliphatic heterocycles. The quantitative estimate of drug-likeness (QED) is 0.925. The number of rotatable bonds is 3. The first-order chi connectivity index (χ1) is 10.2. The summed E-state index contributed by atoms with van der Waals surface area (Å²) in [5, 5.41) is 2.64. The summed E-state index contributed by atoms with van der Waals surface area (Å²) < 4.78 is 0. The van der Waals surface area contributed by atoms with Gasteiger partial charge in [-0.2, -0.15) is 0 Å². The molecule has 1 fully saturated rings. The number of carbonyl (C=O) groups is 2. The number of carbonyl (C=O) groups excluding carboxylic acids is 2. The van der Waals surface area contributed by atoms with Gasteiger partial charge in [0.25, 0.3) is 0 Å². The first-order valence-electron chi connectivity index (χ1n) is 6.67. The monoisotopic (exact) mass is 282 g/mol. The zero-order chi connectivity index (χ0) is 14.7. The van der Waals surface area contributed by atoms with Gasteiger partial charge in [0.1, 0.15) is 0 Å². The van der Waals surface area contributed by atoms with Crippen molar-refractivity contribution in [2.45, 2.75) is 6.42 Å². The molecule has 2 aromatic rings. The van der Waals surface area contributed by atoms with Crippen LogP contribution >= 0.6 is 0 Å². The average molecular weight is 282 g/mol. The van der Waals surface area contributed by atoms with E-state index in [1.54, 1.807) is 23.4 Å². The van der Waals surface area contributed by atoms with Crippen LogP contribution in [0, 0.1) is 5.92 Å². The zero-order valence-corrected chi connectivity index (χ0v) is 11.3. The predicted octanol–water partition coefficient (Wildman–Crippen LogP) is 1.47. The Morgan fingerprint density at radius 2 is 1.86 bits per heavy atom. The van der Waals surface area contributed by atoms with Gasteiger partial charge in [-0.15, -0.1) is 0 Å². The van der Waals surface area contributed by atoms with Crippen molar-refractivity contribution in [2.24, 2.45) is 5.92 Å². The molecule has 0 aliphatic carbocycles. The van der Waals surface area contributed by atoms with Crippen molar-refractivity contribution in [3.8, 4) is 0 Å². The molecule has 0 spiro atoms. The Balaban J connectivity index is 1.68. The molecule has 1 aromatic heterocycles. The molecule has 6 heteroatoms. The Labute approximate surface area is 121 Å². The molecule has 0 saturated carbocycles. The number of anilines is 2. The average Bonchev–Trinajstić information content (AvgIpc) is 2.91. The summed E-state index contributed by atoms with van der Waals surface area (Å²) in [6.07, 6.45) is 3.31. The topological polar surface area (TPSA) is 75.2 Å². The molecular weight excluding hydrogens is 268 g/mol. The zero-order valence-electron chi connectivity index (χ0n) is 11.3. The number of hydrogen-bond donors (Lipinski definition) is 1. The molecule has 3 rings (SSSR count). The lowest BCUT2D eigenvalue weighted by Gasteiger charge is -2.16. The largest absolute Gasteiger partial charge is 0.312 e. The van der Waals surface area contributed by atoms with Gasteiger partial charge in [0, 0.05) is 31.0 Å². The molecule has 21 heavy (non-hydrogen) atoms.